The van der Waals surface area contributed by atoms with Gasteiger partial charge in [-0.25, -0.2) is 0 Å². The van der Waals surface area contributed by atoms with Crippen LogP contribution in [0.5, 0.6) is 0 Å². The van der Waals surface area contributed by atoms with Crippen LogP contribution in [0.2, 0.25) is 0 Å². The van der Waals surface area contributed by atoms with E-state index in [2.05, 4.69) is 56.6 Å². The van der Waals surface area contributed by atoms with E-state index in [1.165, 1.54) is 16.6 Å². The molecule has 1 aliphatic heterocycles. The fourth-order valence-electron chi connectivity index (χ4n) is 3.64. The summed E-state index contributed by atoms with van der Waals surface area (Å²) in [6.07, 6.45) is 1.30. The van der Waals surface area contributed by atoms with E-state index in [4.69, 9.17) is 0 Å². The van der Waals surface area contributed by atoms with Gasteiger partial charge in [0.2, 0.25) is 0 Å². The Hall–Kier alpha value is -1.91. The third-order valence-electron chi connectivity index (χ3n) is 4.83. The molecule has 2 N–H and O–H groups in total. The smallest absolute Gasteiger partial charge is 0.149 e. The van der Waals surface area contributed by atoms with Crippen molar-refractivity contribution >= 4 is 32.6 Å². The first-order valence-corrected chi connectivity index (χ1v) is 9.10. The molecule has 0 fully saturated rings. The number of para-hydroxylation sites is 1. The number of ketones is 1. The Morgan fingerprint density at radius 2 is 2.04 bits per heavy atom. The molecule has 2 aromatic carbocycles. The van der Waals surface area contributed by atoms with Crippen molar-refractivity contribution in [2.45, 2.75) is 31.8 Å². The molecule has 2 unspecified atom stereocenters. The van der Waals surface area contributed by atoms with Gasteiger partial charge in [0.1, 0.15) is 5.78 Å². The predicted molar refractivity (Wildman–Crippen MR) is 100 cm³/mol. The maximum atomic E-state index is 12.4. The molecule has 2 atom stereocenters. The van der Waals surface area contributed by atoms with Gasteiger partial charge in [0, 0.05) is 27.5 Å². The van der Waals surface area contributed by atoms with Gasteiger partial charge in [0.15, 0.2) is 0 Å². The van der Waals surface area contributed by atoms with E-state index in [1.54, 1.807) is 0 Å². The number of aromatic amines is 1. The summed E-state index contributed by atoms with van der Waals surface area (Å²) in [4.78, 5) is 16.0. The number of hydrogen-bond acceptors (Lipinski definition) is 2. The molecule has 0 saturated heterocycles. The van der Waals surface area contributed by atoms with E-state index in [1.807, 2.05) is 25.1 Å². The molecule has 1 aliphatic rings. The van der Waals surface area contributed by atoms with Crippen LogP contribution >= 0.6 is 15.9 Å². The Balaban J connectivity index is 1.88. The zero-order chi connectivity index (χ0) is 16.7. The Bertz CT molecular complexity index is 915. The van der Waals surface area contributed by atoms with Crippen LogP contribution in [0.1, 0.15) is 36.2 Å². The highest BCUT2D eigenvalue weighted by Gasteiger charge is 2.33. The summed E-state index contributed by atoms with van der Waals surface area (Å²) in [6.45, 7) is 1.93. The molecular formula is C20H19BrN2O. The van der Waals surface area contributed by atoms with Crippen molar-refractivity contribution in [1.29, 1.82) is 0 Å². The second kappa shape index (κ2) is 6.19. The van der Waals surface area contributed by atoms with E-state index in [0.717, 1.165) is 22.0 Å². The summed E-state index contributed by atoms with van der Waals surface area (Å²) in [5, 5.41) is 4.79. The van der Waals surface area contributed by atoms with E-state index in [9.17, 15) is 4.79 Å². The van der Waals surface area contributed by atoms with Gasteiger partial charge in [-0.15, -0.1) is 0 Å². The van der Waals surface area contributed by atoms with Crippen LogP contribution in [-0.4, -0.2) is 16.8 Å². The van der Waals surface area contributed by atoms with Crippen LogP contribution in [0.25, 0.3) is 10.9 Å². The lowest BCUT2D eigenvalue weighted by Crippen LogP contribution is -2.44. The summed E-state index contributed by atoms with van der Waals surface area (Å²) in [5.41, 5.74) is 4.73. The highest BCUT2D eigenvalue weighted by molar-refractivity contribution is 9.10. The average Bonchev–Trinajstić information content (AvgIpc) is 2.99. The second-order valence-corrected chi connectivity index (χ2v) is 7.21. The highest BCUT2D eigenvalue weighted by atomic mass is 79.9. The number of halogens is 1. The third-order valence-corrected chi connectivity index (χ3v) is 5.32. The molecule has 2 heterocycles. The predicted octanol–water partition coefficient (Wildman–Crippen LogP) is 4.51. The molecule has 0 spiro atoms. The van der Waals surface area contributed by atoms with Crippen LogP contribution in [0.4, 0.5) is 0 Å². The lowest BCUT2D eigenvalue weighted by molar-refractivity contribution is -0.121. The van der Waals surface area contributed by atoms with Gasteiger partial charge >= 0.3 is 0 Å². The molecular weight excluding hydrogens is 364 g/mol. The molecule has 4 heteroatoms. The molecule has 3 aromatic rings. The van der Waals surface area contributed by atoms with Crippen LogP contribution < -0.4 is 5.32 Å². The standard InChI is InChI=1S/C20H19BrN2O/c1-2-18(24)17-11-15-14-8-3-4-9-16(14)22-20(15)19(23-17)12-6-5-7-13(21)10-12/h3-10,17,19,22-23H,2,11H2,1H3. The first-order chi connectivity index (χ1) is 11.7. The topological polar surface area (TPSA) is 44.9 Å². The van der Waals surface area contributed by atoms with Crippen molar-refractivity contribution in [2.24, 2.45) is 0 Å². The van der Waals surface area contributed by atoms with E-state index in [-0.39, 0.29) is 17.9 Å². The highest BCUT2D eigenvalue weighted by Crippen LogP contribution is 2.36. The number of rotatable bonds is 3. The van der Waals surface area contributed by atoms with Crippen molar-refractivity contribution in [3.8, 4) is 0 Å². The zero-order valence-electron chi connectivity index (χ0n) is 13.5. The normalized spacial score (nSPS) is 20.1. The number of carbonyl (C=O) groups excluding carboxylic acids is 1. The molecule has 3 nitrogen and oxygen atoms in total. The number of fused-ring (bicyclic) bond motifs is 3. The van der Waals surface area contributed by atoms with Crippen molar-refractivity contribution in [1.82, 2.24) is 10.3 Å². The average molecular weight is 383 g/mol. The van der Waals surface area contributed by atoms with Gasteiger partial charge in [0.25, 0.3) is 0 Å². The Morgan fingerprint density at radius 3 is 2.83 bits per heavy atom. The molecule has 0 amide bonds. The molecule has 24 heavy (non-hydrogen) atoms. The van der Waals surface area contributed by atoms with Gasteiger partial charge < -0.3 is 4.98 Å². The van der Waals surface area contributed by atoms with E-state index < -0.39 is 0 Å². The fourth-order valence-corrected chi connectivity index (χ4v) is 4.05. The minimum atomic E-state index is -0.134. The lowest BCUT2D eigenvalue weighted by Gasteiger charge is -2.31. The summed E-state index contributed by atoms with van der Waals surface area (Å²) in [5.74, 6) is 0.269. The third kappa shape index (κ3) is 2.60. The Labute approximate surface area is 149 Å². The summed E-state index contributed by atoms with van der Waals surface area (Å²) in [6, 6.07) is 16.5. The molecule has 4 rings (SSSR count). The first-order valence-electron chi connectivity index (χ1n) is 8.31. The second-order valence-electron chi connectivity index (χ2n) is 6.29. The number of hydrogen-bond donors (Lipinski definition) is 2. The van der Waals surface area contributed by atoms with Gasteiger partial charge in [-0.2, -0.15) is 0 Å². The fraction of sp³-hybridized carbons (Fsp3) is 0.250. The number of Topliss-reactive ketones (excluding diaryl/α,β-unsaturated/α-hetero) is 1. The largest absolute Gasteiger partial charge is 0.357 e. The van der Waals surface area contributed by atoms with Crippen LogP contribution in [-0.2, 0) is 11.2 Å². The van der Waals surface area contributed by atoms with Crippen molar-refractivity contribution < 1.29 is 4.79 Å². The minimum Gasteiger partial charge on any atom is -0.357 e. The minimum absolute atomic E-state index is 0.000787. The van der Waals surface area contributed by atoms with Gasteiger partial charge in [-0.3, -0.25) is 10.1 Å². The Morgan fingerprint density at radius 1 is 1.21 bits per heavy atom. The molecule has 0 aliphatic carbocycles. The quantitative estimate of drug-likeness (QED) is 0.699. The van der Waals surface area contributed by atoms with Crippen LogP contribution in [0.15, 0.2) is 53.0 Å². The number of nitrogens with one attached hydrogen (secondary N) is 2. The van der Waals surface area contributed by atoms with E-state index in [0.29, 0.717) is 6.42 Å². The lowest BCUT2D eigenvalue weighted by atomic mass is 9.88. The number of H-pyrrole nitrogens is 1. The van der Waals surface area contributed by atoms with Gasteiger partial charge in [-0.05, 0) is 35.7 Å². The first kappa shape index (κ1) is 15.6. The van der Waals surface area contributed by atoms with Gasteiger partial charge in [-0.1, -0.05) is 53.2 Å². The molecule has 0 radical (unpaired) electrons. The van der Waals surface area contributed by atoms with Crippen molar-refractivity contribution in [3.05, 3.63) is 69.8 Å². The number of aromatic nitrogens is 1. The molecule has 122 valence electrons. The molecule has 0 saturated carbocycles. The van der Waals surface area contributed by atoms with Crippen LogP contribution in [0, 0.1) is 0 Å². The van der Waals surface area contributed by atoms with Crippen molar-refractivity contribution in [2.75, 3.05) is 0 Å². The number of carbonyl (C=O) groups is 1. The summed E-state index contributed by atoms with van der Waals surface area (Å²) < 4.78 is 1.04. The molecule has 1 aromatic heterocycles. The number of benzene rings is 2. The zero-order valence-corrected chi connectivity index (χ0v) is 15.1. The monoisotopic (exact) mass is 382 g/mol. The van der Waals surface area contributed by atoms with Crippen LogP contribution in [0.3, 0.4) is 0 Å². The maximum Gasteiger partial charge on any atom is 0.149 e. The maximum absolute atomic E-state index is 12.4. The van der Waals surface area contributed by atoms with Crippen molar-refractivity contribution in [3.63, 3.8) is 0 Å². The SMILES string of the molecule is CCC(=O)C1Cc2c([nH]c3ccccc23)C(c2cccc(Br)c2)N1. The van der Waals surface area contributed by atoms with Gasteiger partial charge in [0.05, 0.1) is 12.1 Å². The Kier molecular flexibility index (Phi) is 4.02. The summed E-state index contributed by atoms with van der Waals surface area (Å²) >= 11 is 3.56. The summed E-state index contributed by atoms with van der Waals surface area (Å²) in [7, 11) is 0. The molecule has 0 bridgehead atoms. The van der Waals surface area contributed by atoms with E-state index >= 15 is 0 Å².